The van der Waals surface area contributed by atoms with E-state index in [-0.39, 0.29) is 0 Å². The highest BCUT2D eigenvalue weighted by molar-refractivity contribution is 6.74. The van der Waals surface area contributed by atoms with Crippen molar-refractivity contribution in [3.05, 3.63) is 0 Å². The second kappa shape index (κ2) is 7.98. The van der Waals surface area contributed by atoms with Crippen LogP contribution in [0.15, 0.2) is 0 Å². The summed E-state index contributed by atoms with van der Waals surface area (Å²) in [5.74, 6) is 1.87. The summed E-state index contributed by atoms with van der Waals surface area (Å²) in [6, 6.07) is 0. The first kappa shape index (κ1) is 18.2. The number of hydrogen-bond donors (Lipinski definition) is 0. The van der Waals surface area contributed by atoms with E-state index in [9.17, 15) is 0 Å². The lowest BCUT2D eigenvalue weighted by atomic mass is 9.84. The molecule has 0 bridgehead atoms. The molecule has 1 aliphatic carbocycles. The van der Waals surface area contributed by atoms with Crippen molar-refractivity contribution in [2.24, 2.45) is 11.8 Å². The lowest BCUT2D eigenvalue weighted by Gasteiger charge is -2.36. The van der Waals surface area contributed by atoms with Crippen LogP contribution < -0.4 is 0 Å². The third kappa shape index (κ3) is 6.30. The van der Waals surface area contributed by atoms with Crippen LogP contribution in [0.4, 0.5) is 0 Å². The number of rotatable bonds is 7. The fourth-order valence-corrected chi connectivity index (χ4v) is 3.93. The lowest BCUT2D eigenvalue weighted by molar-refractivity contribution is 0.244. The van der Waals surface area contributed by atoms with Gasteiger partial charge in [-0.1, -0.05) is 72.6 Å². The maximum absolute atomic E-state index is 6.30. The second-order valence-electron chi connectivity index (χ2n) is 8.58. The van der Waals surface area contributed by atoms with Gasteiger partial charge in [0, 0.05) is 6.61 Å². The van der Waals surface area contributed by atoms with Crippen molar-refractivity contribution in [2.75, 3.05) is 6.61 Å². The van der Waals surface area contributed by atoms with E-state index in [4.69, 9.17) is 4.43 Å². The van der Waals surface area contributed by atoms with Crippen molar-refractivity contribution in [1.82, 2.24) is 0 Å². The molecule has 1 saturated carbocycles. The van der Waals surface area contributed by atoms with Crippen LogP contribution in [0.25, 0.3) is 0 Å². The third-order valence-corrected chi connectivity index (χ3v) is 10.2. The average molecular weight is 299 g/mol. The summed E-state index contributed by atoms with van der Waals surface area (Å²) in [6.07, 6.45) is 11.5. The van der Waals surface area contributed by atoms with Crippen molar-refractivity contribution in [3.63, 3.8) is 0 Å². The van der Waals surface area contributed by atoms with Crippen LogP contribution in [0.3, 0.4) is 0 Å². The van der Waals surface area contributed by atoms with Crippen molar-refractivity contribution >= 4 is 8.32 Å². The minimum atomic E-state index is -1.53. The Kier molecular flexibility index (Phi) is 7.27. The quantitative estimate of drug-likeness (QED) is 0.494. The molecule has 0 aromatic rings. The standard InChI is InChI=1S/C18H38OSi/c1-16(12-13-17-10-8-7-9-11-17)14-15-19-20(5,6)18(2,3)4/h16-17H,7-15H2,1-6H3/t16-/m1/s1. The van der Waals surface area contributed by atoms with Crippen LogP contribution in [-0.4, -0.2) is 14.9 Å². The minimum Gasteiger partial charge on any atom is -0.417 e. The molecule has 1 fully saturated rings. The maximum Gasteiger partial charge on any atom is 0.191 e. The predicted molar refractivity (Wildman–Crippen MR) is 92.7 cm³/mol. The maximum atomic E-state index is 6.30. The summed E-state index contributed by atoms with van der Waals surface area (Å²) in [5.41, 5.74) is 0. The van der Waals surface area contributed by atoms with Gasteiger partial charge in [0.2, 0.25) is 0 Å². The fraction of sp³-hybridized carbons (Fsp3) is 1.00. The Labute approximate surface area is 129 Å². The summed E-state index contributed by atoms with van der Waals surface area (Å²) in [6.45, 7) is 15.1. The van der Waals surface area contributed by atoms with E-state index in [1.54, 1.807) is 0 Å². The van der Waals surface area contributed by atoms with E-state index in [1.807, 2.05) is 0 Å². The molecule has 1 aliphatic rings. The van der Waals surface area contributed by atoms with Crippen LogP contribution in [0, 0.1) is 11.8 Å². The smallest absolute Gasteiger partial charge is 0.191 e. The molecule has 20 heavy (non-hydrogen) atoms. The number of hydrogen-bond acceptors (Lipinski definition) is 1. The highest BCUT2D eigenvalue weighted by Crippen LogP contribution is 2.37. The zero-order chi connectivity index (χ0) is 15.2. The zero-order valence-corrected chi connectivity index (χ0v) is 15.9. The summed E-state index contributed by atoms with van der Waals surface area (Å²) < 4.78 is 6.30. The van der Waals surface area contributed by atoms with Crippen molar-refractivity contribution in [1.29, 1.82) is 0 Å². The summed E-state index contributed by atoms with van der Waals surface area (Å²) >= 11 is 0. The summed E-state index contributed by atoms with van der Waals surface area (Å²) in [4.78, 5) is 0. The molecular weight excluding hydrogens is 260 g/mol. The average Bonchev–Trinajstić information content (AvgIpc) is 2.36. The first-order valence-corrected chi connectivity index (χ1v) is 11.8. The normalized spacial score (nSPS) is 20.1. The topological polar surface area (TPSA) is 9.23 Å². The molecule has 0 spiro atoms. The Bertz CT molecular complexity index is 261. The van der Waals surface area contributed by atoms with Crippen molar-refractivity contribution in [3.8, 4) is 0 Å². The molecule has 0 aromatic heterocycles. The van der Waals surface area contributed by atoms with Gasteiger partial charge in [-0.2, -0.15) is 0 Å². The summed E-state index contributed by atoms with van der Waals surface area (Å²) in [5, 5.41) is 0.346. The van der Waals surface area contributed by atoms with Crippen molar-refractivity contribution < 1.29 is 4.43 Å². The Morgan fingerprint density at radius 3 is 2.20 bits per heavy atom. The van der Waals surface area contributed by atoms with Gasteiger partial charge in [-0.05, 0) is 36.4 Å². The molecule has 0 aromatic carbocycles. The van der Waals surface area contributed by atoms with Crippen molar-refractivity contribution in [2.45, 2.75) is 97.2 Å². The monoisotopic (exact) mass is 298 g/mol. The van der Waals surface area contributed by atoms with Gasteiger partial charge in [0.1, 0.15) is 0 Å². The molecule has 0 aliphatic heterocycles. The van der Waals surface area contributed by atoms with E-state index in [1.165, 1.54) is 51.4 Å². The highest BCUT2D eigenvalue weighted by atomic mass is 28.4. The fourth-order valence-electron chi connectivity index (χ4n) is 2.87. The minimum absolute atomic E-state index is 0.346. The molecule has 0 N–H and O–H groups in total. The van der Waals surface area contributed by atoms with Crippen LogP contribution in [-0.2, 0) is 4.43 Å². The first-order valence-electron chi connectivity index (χ1n) is 8.86. The molecule has 0 amide bonds. The second-order valence-corrected chi connectivity index (χ2v) is 13.4. The van der Waals surface area contributed by atoms with Gasteiger partial charge in [0.25, 0.3) is 0 Å². The molecule has 2 heteroatoms. The lowest BCUT2D eigenvalue weighted by Crippen LogP contribution is -2.41. The first-order chi connectivity index (χ1) is 9.22. The van der Waals surface area contributed by atoms with Gasteiger partial charge in [-0.25, -0.2) is 0 Å². The van der Waals surface area contributed by atoms with E-state index >= 15 is 0 Å². The van der Waals surface area contributed by atoms with Gasteiger partial charge >= 0.3 is 0 Å². The molecule has 1 nitrogen and oxygen atoms in total. The van der Waals surface area contributed by atoms with Crippen LogP contribution in [0.1, 0.15) is 79.1 Å². The van der Waals surface area contributed by atoms with Gasteiger partial charge in [-0.15, -0.1) is 0 Å². The van der Waals surface area contributed by atoms with Gasteiger partial charge in [0.05, 0.1) is 0 Å². The molecule has 0 heterocycles. The van der Waals surface area contributed by atoms with E-state index in [0.29, 0.717) is 5.04 Å². The molecule has 0 saturated heterocycles. The zero-order valence-electron chi connectivity index (χ0n) is 14.9. The van der Waals surface area contributed by atoms with E-state index in [2.05, 4.69) is 40.8 Å². The summed E-state index contributed by atoms with van der Waals surface area (Å²) in [7, 11) is -1.53. The predicted octanol–water partition coefficient (Wildman–Crippen LogP) is 6.39. The Balaban J connectivity index is 2.15. The van der Waals surface area contributed by atoms with Crippen LogP contribution in [0.5, 0.6) is 0 Å². The Morgan fingerprint density at radius 2 is 1.65 bits per heavy atom. The Hall–Kier alpha value is 0.177. The van der Waals surface area contributed by atoms with Gasteiger partial charge in [-0.3, -0.25) is 0 Å². The van der Waals surface area contributed by atoms with Gasteiger partial charge < -0.3 is 4.43 Å². The molecule has 120 valence electrons. The molecule has 0 unspecified atom stereocenters. The molecule has 1 atom stereocenters. The van der Waals surface area contributed by atoms with Crippen LogP contribution >= 0.6 is 0 Å². The van der Waals surface area contributed by atoms with Gasteiger partial charge in [0.15, 0.2) is 8.32 Å². The third-order valence-electron chi connectivity index (χ3n) is 5.67. The van der Waals surface area contributed by atoms with E-state index < -0.39 is 8.32 Å². The van der Waals surface area contributed by atoms with Crippen LogP contribution in [0.2, 0.25) is 18.1 Å². The molecular formula is C18H38OSi. The molecule has 1 rings (SSSR count). The van der Waals surface area contributed by atoms with E-state index in [0.717, 1.165) is 18.4 Å². The largest absolute Gasteiger partial charge is 0.417 e. The SMILES string of the molecule is C[C@@H](CCO[Si](C)(C)C(C)(C)C)CCC1CCCCC1. The Morgan fingerprint density at radius 1 is 1.05 bits per heavy atom. The highest BCUT2D eigenvalue weighted by Gasteiger charge is 2.36. The molecule has 0 radical (unpaired) electrons.